The summed E-state index contributed by atoms with van der Waals surface area (Å²) in [4.78, 5) is 2.75. The van der Waals surface area contributed by atoms with Crippen molar-refractivity contribution in [2.75, 3.05) is 5.73 Å². The first-order chi connectivity index (χ1) is 9.02. The Morgan fingerprint density at radius 2 is 2.16 bits per heavy atom. The number of aromatic amines is 1. The van der Waals surface area contributed by atoms with Crippen molar-refractivity contribution in [1.29, 1.82) is 5.26 Å². The number of nitrogens with one attached hydrogen (secondary N) is 1. The fourth-order valence-corrected chi connectivity index (χ4v) is 1.81. The molecule has 0 bridgehead atoms. The number of anilines is 1. The van der Waals surface area contributed by atoms with E-state index in [1.165, 1.54) is 6.07 Å². The van der Waals surface area contributed by atoms with E-state index in [-0.39, 0.29) is 17.7 Å². The van der Waals surface area contributed by atoms with Gasteiger partial charge in [0.15, 0.2) is 11.6 Å². The number of nitriles is 1. The van der Waals surface area contributed by atoms with E-state index in [4.69, 9.17) is 15.7 Å². The molecule has 0 fully saturated rings. The Balaban J connectivity index is 2.42. The van der Waals surface area contributed by atoms with E-state index in [2.05, 4.69) is 4.98 Å². The van der Waals surface area contributed by atoms with Gasteiger partial charge in [0, 0.05) is 11.8 Å². The van der Waals surface area contributed by atoms with Gasteiger partial charge in [0.25, 0.3) is 0 Å². The van der Waals surface area contributed by atoms with E-state index >= 15 is 0 Å². The summed E-state index contributed by atoms with van der Waals surface area (Å²) in [7, 11) is 0. The second-order valence-electron chi connectivity index (χ2n) is 4.41. The average molecular weight is 259 g/mol. The van der Waals surface area contributed by atoms with Gasteiger partial charge in [0.2, 0.25) is 0 Å². The smallest absolute Gasteiger partial charge is 0.165 e. The van der Waals surface area contributed by atoms with Crippen LogP contribution in [0.1, 0.15) is 19.4 Å². The van der Waals surface area contributed by atoms with Gasteiger partial charge >= 0.3 is 0 Å². The fourth-order valence-electron chi connectivity index (χ4n) is 1.81. The Morgan fingerprint density at radius 3 is 2.74 bits per heavy atom. The molecular formula is C14H14FN3O. The molecule has 0 radical (unpaired) electrons. The molecule has 1 aromatic heterocycles. The van der Waals surface area contributed by atoms with Gasteiger partial charge in [-0.1, -0.05) is 6.07 Å². The highest BCUT2D eigenvalue weighted by Crippen LogP contribution is 2.30. The highest BCUT2D eigenvalue weighted by molar-refractivity contribution is 5.76. The Hall–Kier alpha value is -2.48. The van der Waals surface area contributed by atoms with Crippen molar-refractivity contribution in [3.63, 3.8) is 0 Å². The molecule has 0 aliphatic rings. The van der Waals surface area contributed by atoms with Gasteiger partial charge < -0.3 is 15.5 Å². The molecular weight excluding hydrogens is 245 g/mol. The lowest BCUT2D eigenvalue weighted by molar-refractivity contribution is 0.231. The summed E-state index contributed by atoms with van der Waals surface area (Å²) in [6.07, 6.45) is 1.49. The van der Waals surface area contributed by atoms with Gasteiger partial charge in [0.1, 0.15) is 17.5 Å². The van der Waals surface area contributed by atoms with Crippen molar-refractivity contribution in [3.8, 4) is 22.9 Å². The molecule has 0 amide bonds. The molecule has 1 heterocycles. The van der Waals surface area contributed by atoms with Crippen LogP contribution in [0.15, 0.2) is 24.4 Å². The molecule has 0 saturated heterocycles. The minimum absolute atomic E-state index is 0.0991. The van der Waals surface area contributed by atoms with Gasteiger partial charge in [-0.2, -0.15) is 5.26 Å². The van der Waals surface area contributed by atoms with Crippen molar-refractivity contribution in [1.82, 2.24) is 4.98 Å². The summed E-state index contributed by atoms with van der Waals surface area (Å²) < 4.78 is 19.2. The number of halogens is 1. The molecule has 0 atom stereocenters. The monoisotopic (exact) mass is 259 g/mol. The summed E-state index contributed by atoms with van der Waals surface area (Å²) >= 11 is 0. The van der Waals surface area contributed by atoms with E-state index in [9.17, 15) is 4.39 Å². The maximum atomic E-state index is 13.9. The first-order valence-corrected chi connectivity index (χ1v) is 5.86. The van der Waals surface area contributed by atoms with E-state index < -0.39 is 5.82 Å². The first-order valence-electron chi connectivity index (χ1n) is 5.86. The van der Waals surface area contributed by atoms with Crippen LogP contribution in [0.3, 0.4) is 0 Å². The van der Waals surface area contributed by atoms with Crippen molar-refractivity contribution < 1.29 is 9.13 Å². The maximum Gasteiger partial charge on any atom is 0.165 e. The molecule has 0 saturated carbocycles. The number of H-pyrrole nitrogens is 1. The van der Waals surface area contributed by atoms with Crippen molar-refractivity contribution in [2.24, 2.45) is 0 Å². The highest BCUT2D eigenvalue weighted by atomic mass is 19.1. The molecule has 0 aliphatic heterocycles. The number of ether oxygens (including phenoxy) is 1. The third-order valence-electron chi connectivity index (χ3n) is 2.63. The SMILES string of the molecule is CC(C)Oc1ccc(-c2c[nH]c(N)c2C#N)cc1F. The van der Waals surface area contributed by atoms with Gasteiger partial charge in [-0.3, -0.25) is 0 Å². The van der Waals surface area contributed by atoms with Crippen molar-refractivity contribution >= 4 is 5.82 Å². The average Bonchev–Trinajstić information content (AvgIpc) is 2.72. The number of nitrogen functional groups attached to an aromatic ring is 1. The molecule has 3 N–H and O–H groups in total. The molecule has 2 aromatic rings. The lowest BCUT2D eigenvalue weighted by Gasteiger charge is -2.11. The molecule has 5 heteroatoms. The topological polar surface area (TPSA) is 74.8 Å². The predicted molar refractivity (Wildman–Crippen MR) is 71.1 cm³/mol. The quantitative estimate of drug-likeness (QED) is 0.889. The van der Waals surface area contributed by atoms with Gasteiger partial charge in [-0.15, -0.1) is 0 Å². The number of rotatable bonds is 3. The zero-order valence-electron chi connectivity index (χ0n) is 10.7. The number of nitrogens with zero attached hydrogens (tertiary/aromatic N) is 1. The van der Waals surface area contributed by atoms with Crippen LogP contribution in [0.5, 0.6) is 5.75 Å². The number of hydrogen-bond acceptors (Lipinski definition) is 3. The highest BCUT2D eigenvalue weighted by Gasteiger charge is 2.13. The van der Waals surface area contributed by atoms with Crippen molar-refractivity contribution in [3.05, 3.63) is 35.8 Å². The number of benzene rings is 1. The zero-order valence-corrected chi connectivity index (χ0v) is 10.7. The normalized spacial score (nSPS) is 10.5. The number of nitrogens with two attached hydrogens (primary N) is 1. The minimum Gasteiger partial charge on any atom is -0.488 e. The molecule has 98 valence electrons. The van der Waals surface area contributed by atoms with Gasteiger partial charge in [-0.25, -0.2) is 4.39 Å². The Kier molecular flexibility index (Phi) is 3.43. The summed E-state index contributed by atoms with van der Waals surface area (Å²) in [5.41, 5.74) is 7.10. The zero-order chi connectivity index (χ0) is 14.0. The van der Waals surface area contributed by atoms with E-state index in [1.807, 2.05) is 19.9 Å². The van der Waals surface area contributed by atoms with Crippen LogP contribution in [0, 0.1) is 17.1 Å². The lowest BCUT2D eigenvalue weighted by Crippen LogP contribution is -2.06. The molecule has 19 heavy (non-hydrogen) atoms. The second-order valence-corrected chi connectivity index (χ2v) is 4.41. The van der Waals surface area contributed by atoms with Crippen LogP contribution in [-0.4, -0.2) is 11.1 Å². The molecule has 4 nitrogen and oxygen atoms in total. The minimum atomic E-state index is -0.463. The third-order valence-corrected chi connectivity index (χ3v) is 2.63. The number of aromatic nitrogens is 1. The standard InChI is InChI=1S/C14H14FN3O/c1-8(2)19-13-4-3-9(5-12(13)15)11-7-18-14(17)10(11)6-16/h3-5,7-8,18H,17H2,1-2H3. The van der Waals surface area contributed by atoms with Gasteiger partial charge in [0.05, 0.1) is 6.10 Å². The summed E-state index contributed by atoms with van der Waals surface area (Å²) in [5, 5.41) is 9.02. The third kappa shape index (κ3) is 2.52. The lowest BCUT2D eigenvalue weighted by atomic mass is 10.0. The fraction of sp³-hybridized carbons (Fsp3) is 0.214. The molecule has 2 rings (SSSR count). The predicted octanol–water partition coefficient (Wildman–Crippen LogP) is 3.06. The van der Waals surface area contributed by atoms with E-state index in [0.29, 0.717) is 16.7 Å². The Labute approximate surface area is 110 Å². The van der Waals surface area contributed by atoms with E-state index in [0.717, 1.165) is 0 Å². The Morgan fingerprint density at radius 1 is 1.42 bits per heavy atom. The van der Waals surface area contributed by atoms with Gasteiger partial charge in [-0.05, 0) is 31.5 Å². The summed E-state index contributed by atoms with van der Waals surface area (Å²) in [5.74, 6) is 0.0102. The molecule has 1 aromatic carbocycles. The van der Waals surface area contributed by atoms with Crippen LogP contribution < -0.4 is 10.5 Å². The molecule has 0 unspecified atom stereocenters. The largest absolute Gasteiger partial charge is 0.488 e. The van der Waals surface area contributed by atoms with E-state index in [1.54, 1.807) is 18.3 Å². The Bertz CT molecular complexity index is 641. The summed E-state index contributed by atoms with van der Waals surface area (Å²) in [6, 6.07) is 6.58. The molecule has 0 spiro atoms. The van der Waals surface area contributed by atoms with Crippen LogP contribution >= 0.6 is 0 Å². The first kappa shape index (κ1) is 13.0. The van der Waals surface area contributed by atoms with Crippen molar-refractivity contribution in [2.45, 2.75) is 20.0 Å². The van der Waals surface area contributed by atoms with Crippen LogP contribution in [0.25, 0.3) is 11.1 Å². The molecule has 0 aliphatic carbocycles. The number of hydrogen-bond donors (Lipinski definition) is 2. The second kappa shape index (κ2) is 5.02. The van der Waals surface area contributed by atoms with Crippen LogP contribution in [0.2, 0.25) is 0 Å². The summed E-state index contributed by atoms with van der Waals surface area (Å²) in [6.45, 7) is 3.65. The van der Waals surface area contributed by atoms with Crippen LogP contribution in [0.4, 0.5) is 10.2 Å². The maximum absolute atomic E-state index is 13.9. The van der Waals surface area contributed by atoms with Crippen LogP contribution in [-0.2, 0) is 0 Å².